The molecule has 0 aliphatic carbocycles. The van der Waals surface area contributed by atoms with E-state index in [9.17, 15) is 5.11 Å². The second kappa shape index (κ2) is 9.26. The van der Waals surface area contributed by atoms with Crippen LogP contribution in [0.3, 0.4) is 0 Å². The van der Waals surface area contributed by atoms with Crippen molar-refractivity contribution < 1.29 is 19.3 Å². The summed E-state index contributed by atoms with van der Waals surface area (Å²) in [4.78, 5) is 0. The van der Waals surface area contributed by atoms with Crippen molar-refractivity contribution >= 4 is 0 Å². The van der Waals surface area contributed by atoms with Crippen LogP contribution >= 0.6 is 0 Å². The highest BCUT2D eigenvalue weighted by atomic mass is 16.7. The lowest BCUT2D eigenvalue weighted by Gasteiger charge is -2.24. The Kier molecular flexibility index (Phi) is 8.04. The number of hydrogen-bond acceptors (Lipinski definition) is 4. The van der Waals surface area contributed by atoms with Crippen LogP contribution in [-0.4, -0.2) is 32.5 Å². The van der Waals surface area contributed by atoms with Gasteiger partial charge in [0.25, 0.3) is 0 Å². The number of aliphatic hydroxyl groups is 1. The largest absolute Gasteiger partial charge is 0.392 e. The van der Waals surface area contributed by atoms with Crippen molar-refractivity contribution in [3.63, 3.8) is 0 Å². The molecule has 22 heavy (non-hydrogen) atoms. The summed E-state index contributed by atoms with van der Waals surface area (Å²) in [5.41, 5.74) is 4.31. The minimum Gasteiger partial charge on any atom is -0.392 e. The molecule has 0 radical (unpaired) electrons. The number of hydrogen-bond donors (Lipinski definition) is 1. The number of aliphatic hydroxyl groups excluding tert-OH is 1. The average Bonchev–Trinajstić information content (AvgIpc) is 2.50. The van der Waals surface area contributed by atoms with Crippen molar-refractivity contribution in [2.24, 2.45) is 0 Å². The van der Waals surface area contributed by atoms with Gasteiger partial charge in [-0.15, -0.1) is 0 Å². The normalized spacial score (nSPS) is 13.1. The molecular weight excluding hydrogens is 280 g/mol. The predicted octanol–water partition coefficient (Wildman–Crippen LogP) is 3.73. The van der Waals surface area contributed by atoms with Gasteiger partial charge in [0.15, 0.2) is 6.29 Å². The number of ether oxygens (including phenoxy) is 3. The molecule has 0 aliphatic rings. The Morgan fingerprint density at radius 1 is 0.909 bits per heavy atom. The molecular formula is C18H30O4. The first-order chi connectivity index (χ1) is 10.5. The molecule has 4 nitrogen and oxygen atoms in total. The summed E-state index contributed by atoms with van der Waals surface area (Å²) in [6.45, 7) is 9.60. The zero-order valence-electron chi connectivity index (χ0n) is 14.7. The minimum absolute atomic E-state index is 0.0212. The molecule has 0 bridgehead atoms. The summed E-state index contributed by atoms with van der Waals surface area (Å²) in [5, 5.41) is 9.69. The summed E-state index contributed by atoms with van der Waals surface area (Å²) < 4.78 is 16.3. The van der Waals surface area contributed by atoms with Crippen molar-refractivity contribution in [1.82, 2.24) is 0 Å². The van der Waals surface area contributed by atoms with Gasteiger partial charge in [0.2, 0.25) is 0 Å². The minimum atomic E-state index is -0.445. The fourth-order valence-corrected chi connectivity index (χ4v) is 2.60. The molecule has 0 heterocycles. The van der Waals surface area contributed by atoms with Crippen molar-refractivity contribution in [3.05, 3.63) is 34.4 Å². The van der Waals surface area contributed by atoms with Crippen LogP contribution in [-0.2, 0) is 20.8 Å². The Morgan fingerprint density at radius 3 is 2.00 bits per heavy atom. The van der Waals surface area contributed by atoms with Gasteiger partial charge >= 0.3 is 0 Å². The van der Waals surface area contributed by atoms with E-state index in [4.69, 9.17) is 14.2 Å². The van der Waals surface area contributed by atoms with E-state index < -0.39 is 6.29 Å². The van der Waals surface area contributed by atoms with Crippen LogP contribution in [0.15, 0.2) is 12.1 Å². The molecule has 0 saturated heterocycles. The van der Waals surface area contributed by atoms with Gasteiger partial charge in [-0.3, -0.25) is 0 Å². The third-order valence-electron chi connectivity index (χ3n) is 3.78. The van der Waals surface area contributed by atoms with Gasteiger partial charge in [0.1, 0.15) is 0 Å². The number of rotatable bonds is 9. The molecule has 126 valence electrons. The third-order valence-corrected chi connectivity index (χ3v) is 3.78. The second-order valence-electron chi connectivity index (χ2n) is 6.08. The smallest absolute Gasteiger partial charge is 0.183 e. The van der Waals surface area contributed by atoms with Gasteiger partial charge in [-0.25, -0.2) is 0 Å². The Bertz CT molecular complexity index is 455. The van der Waals surface area contributed by atoms with Crippen molar-refractivity contribution in [2.45, 2.75) is 52.4 Å². The lowest BCUT2D eigenvalue weighted by atomic mass is 9.88. The van der Waals surface area contributed by atoms with E-state index in [1.165, 1.54) is 11.1 Å². The van der Waals surface area contributed by atoms with E-state index in [-0.39, 0.29) is 6.61 Å². The lowest BCUT2D eigenvalue weighted by molar-refractivity contribution is -0.136. The first-order valence-corrected chi connectivity index (χ1v) is 7.87. The molecule has 1 unspecified atom stereocenters. The zero-order chi connectivity index (χ0) is 16.7. The molecule has 1 rings (SSSR count). The molecule has 0 spiro atoms. The van der Waals surface area contributed by atoms with Crippen LogP contribution in [0.2, 0.25) is 0 Å². The maximum atomic E-state index is 9.69. The first-order valence-electron chi connectivity index (χ1n) is 7.87. The van der Waals surface area contributed by atoms with Crippen LogP contribution in [0.5, 0.6) is 0 Å². The van der Waals surface area contributed by atoms with Gasteiger partial charge in [0.05, 0.1) is 19.8 Å². The summed E-state index contributed by atoms with van der Waals surface area (Å²) >= 11 is 0. The lowest BCUT2D eigenvalue weighted by Crippen LogP contribution is -2.15. The van der Waals surface area contributed by atoms with Crippen LogP contribution in [0.25, 0.3) is 0 Å². The van der Waals surface area contributed by atoms with Crippen molar-refractivity contribution in [2.75, 3.05) is 27.4 Å². The first kappa shape index (κ1) is 19.1. The summed E-state index contributed by atoms with van der Waals surface area (Å²) in [7, 11) is 3.28. The maximum Gasteiger partial charge on any atom is 0.183 e. The van der Waals surface area contributed by atoms with Gasteiger partial charge < -0.3 is 19.3 Å². The average molecular weight is 310 g/mol. The molecule has 0 aliphatic heterocycles. The summed E-state index contributed by atoms with van der Waals surface area (Å²) in [6, 6.07) is 4.20. The van der Waals surface area contributed by atoms with Gasteiger partial charge in [-0.1, -0.05) is 33.8 Å². The quantitative estimate of drug-likeness (QED) is 0.557. The fraction of sp³-hybridized carbons (Fsp3) is 0.667. The molecule has 0 aromatic heterocycles. The molecule has 1 aromatic rings. The van der Waals surface area contributed by atoms with Gasteiger partial charge in [-0.2, -0.15) is 0 Å². The molecule has 0 amide bonds. The Morgan fingerprint density at radius 2 is 1.55 bits per heavy atom. The Labute approximate surface area is 134 Å². The van der Waals surface area contributed by atoms with E-state index in [1.54, 1.807) is 14.2 Å². The third kappa shape index (κ3) is 4.78. The Balaban J connectivity index is 3.24. The topological polar surface area (TPSA) is 47.9 Å². The van der Waals surface area contributed by atoms with Crippen molar-refractivity contribution in [1.29, 1.82) is 0 Å². The van der Waals surface area contributed by atoms with Crippen LogP contribution < -0.4 is 0 Å². The van der Waals surface area contributed by atoms with E-state index in [1.807, 2.05) is 6.07 Å². The van der Waals surface area contributed by atoms with Crippen LogP contribution in [0.4, 0.5) is 0 Å². The Hall–Kier alpha value is -0.940. The molecule has 1 aromatic carbocycles. The standard InChI is InChI=1S/C18H30O4/c1-12(2)15-10-16(13(3)4)17(9-14(15)11-19)18(21-6)22-8-7-20-5/h9-10,12-13,18-19H,7-8,11H2,1-6H3. The molecule has 1 atom stereocenters. The van der Waals surface area contributed by atoms with E-state index in [0.29, 0.717) is 25.0 Å². The molecule has 1 N–H and O–H groups in total. The zero-order valence-corrected chi connectivity index (χ0v) is 14.7. The highest BCUT2D eigenvalue weighted by Gasteiger charge is 2.21. The number of benzene rings is 1. The molecule has 4 heteroatoms. The molecule has 0 saturated carbocycles. The van der Waals surface area contributed by atoms with E-state index in [0.717, 1.165) is 11.1 Å². The van der Waals surface area contributed by atoms with Gasteiger partial charge in [0, 0.05) is 19.8 Å². The highest BCUT2D eigenvalue weighted by Crippen LogP contribution is 2.33. The van der Waals surface area contributed by atoms with Gasteiger partial charge in [-0.05, 0) is 34.6 Å². The van der Waals surface area contributed by atoms with E-state index in [2.05, 4.69) is 33.8 Å². The molecule has 0 fully saturated rings. The highest BCUT2D eigenvalue weighted by molar-refractivity contribution is 5.42. The maximum absolute atomic E-state index is 9.69. The summed E-state index contributed by atoms with van der Waals surface area (Å²) in [5.74, 6) is 0.716. The van der Waals surface area contributed by atoms with E-state index >= 15 is 0 Å². The number of methoxy groups -OCH3 is 2. The van der Waals surface area contributed by atoms with Crippen LogP contribution in [0.1, 0.15) is 68.1 Å². The fourth-order valence-electron chi connectivity index (χ4n) is 2.60. The monoisotopic (exact) mass is 310 g/mol. The van der Waals surface area contributed by atoms with Crippen molar-refractivity contribution in [3.8, 4) is 0 Å². The summed E-state index contributed by atoms with van der Waals surface area (Å²) in [6.07, 6.45) is -0.445. The second-order valence-corrected chi connectivity index (χ2v) is 6.08. The van der Waals surface area contributed by atoms with Crippen LogP contribution in [0, 0.1) is 0 Å². The predicted molar refractivity (Wildman–Crippen MR) is 88.1 cm³/mol. The SMILES string of the molecule is COCCOC(OC)c1cc(CO)c(C(C)C)cc1C(C)C.